The van der Waals surface area contributed by atoms with Crippen LogP contribution < -0.4 is 5.73 Å². The van der Waals surface area contributed by atoms with E-state index in [1.165, 1.54) is 5.01 Å². The molecule has 0 spiro atoms. The van der Waals surface area contributed by atoms with Crippen LogP contribution in [0.1, 0.15) is 31.0 Å². The van der Waals surface area contributed by atoms with Crippen LogP contribution in [0.5, 0.6) is 0 Å². The lowest BCUT2D eigenvalue weighted by atomic mass is 10.0. The highest BCUT2D eigenvalue weighted by Gasteiger charge is 2.08. The lowest BCUT2D eigenvalue weighted by molar-refractivity contribution is 0.464. The van der Waals surface area contributed by atoms with E-state index < -0.39 is 0 Å². The number of hydrogen-bond acceptors (Lipinski definition) is 3. The highest BCUT2D eigenvalue weighted by Crippen LogP contribution is 2.13. The molecule has 0 saturated heterocycles. The second kappa shape index (κ2) is 4.72. The number of hydrogen-bond donors (Lipinski definition) is 1. The maximum atomic E-state index is 5.95. The van der Waals surface area contributed by atoms with Gasteiger partial charge in [0.05, 0.1) is 5.01 Å². The van der Waals surface area contributed by atoms with Crippen LogP contribution in [0.15, 0.2) is 5.38 Å². The molecule has 13 heavy (non-hydrogen) atoms. The molecule has 3 heteroatoms. The number of aromatic nitrogens is 1. The normalized spacial score (nSPS) is 13.6. The van der Waals surface area contributed by atoms with E-state index in [0.717, 1.165) is 18.5 Å². The van der Waals surface area contributed by atoms with Crippen molar-refractivity contribution in [3.8, 4) is 0 Å². The summed E-state index contributed by atoms with van der Waals surface area (Å²) < 4.78 is 0. The Morgan fingerprint density at radius 1 is 1.54 bits per heavy atom. The largest absolute Gasteiger partial charge is 0.327 e. The average molecular weight is 198 g/mol. The Kier molecular flexibility index (Phi) is 3.88. The summed E-state index contributed by atoms with van der Waals surface area (Å²) in [5, 5.41) is 3.31. The quantitative estimate of drug-likeness (QED) is 0.806. The predicted molar refractivity (Wildman–Crippen MR) is 58.0 cm³/mol. The first kappa shape index (κ1) is 10.7. The van der Waals surface area contributed by atoms with E-state index in [9.17, 15) is 0 Å². The molecule has 2 nitrogen and oxygen atoms in total. The summed E-state index contributed by atoms with van der Waals surface area (Å²) in [6.07, 6.45) is 2.07. The van der Waals surface area contributed by atoms with Crippen molar-refractivity contribution in [2.24, 2.45) is 11.7 Å². The Hall–Kier alpha value is -0.410. The van der Waals surface area contributed by atoms with Crippen LogP contribution in [-0.2, 0) is 6.42 Å². The SMILES string of the molecule is Cc1csc(CCC(N)C(C)C)n1. The van der Waals surface area contributed by atoms with Gasteiger partial charge < -0.3 is 5.73 Å². The van der Waals surface area contributed by atoms with Crippen molar-refractivity contribution in [1.29, 1.82) is 0 Å². The molecule has 1 atom stereocenters. The van der Waals surface area contributed by atoms with E-state index in [0.29, 0.717) is 12.0 Å². The van der Waals surface area contributed by atoms with E-state index in [2.05, 4.69) is 24.2 Å². The lowest BCUT2D eigenvalue weighted by Crippen LogP contribution is -2.26. The second-order valence-electron chi connectivity index (χ2n) is 3.83. The Balaban J connectivity index is 2.35. The molecule has 0 aliphatic rings. The molecule has 0 radical (unpaired) electrons. The van der Waals surface area contributed by atoms with Gasteiger partial charge in [-0.2, -0.15) is 0 Å². The predicted octanol–water partition coefficient (Wildman–Crippen LogP) is 2.37. The van der Waals surface area contributed by atoms with E-state index in [1.807, 2.05) is 6.92 Å². The molecular weight excluding hydrogens is 180 g/mol. The van der Waals surface area contributed by atoms with Crippen molar-refractivity contribution in [1.82, 2.24) is 4.98 Å². The number of rotatable bonds is 4. The van der Waals surface area contributed by atoms with Gasteiger partial charge in [-0.05, 0) is 19.3 Å². The van der Waals surface area contributed by atoms with Crippen LogP contribution in [0.25, 0.3) is 0 Å². The third kappa shape index (κ3) is 3.44. The molecule has 1 aromatic heterocycles. The Morgan fingerprint density at radius 3 is 2.69 bits per heavy atom. The van der Waals surface area contributed by atoms with Gasteiger partial charge >= 0.3 is 0 Å². The first-order chi connectivity index (χ1) is 6.09. The van der Waals surface area contributed by atoms with Crippen LogP contribution in [0, 0.1) is 12.8 Å². The summed E-state index contributed by atoms with van der Waals surface area (Å²) in [7, 11) is 0. The second-order valence-corrected chi connectivity index (χ2v) is 4.77. The zero-order valence-electron chi connectivity index (χ0n) is 8.58. The Morgan fingerprint density at radius 2 is 2.23 bits per heavy atom. The molecule has 1 rings (SSSR count). The fourth-order valence-electron chi connectivity index (χ4n) is 1.14. The van der Waals surface area contributed by atoms with E-state index in [4.69, 9.17) is 5.73 Å². The summed E-state index contributed by atoms with van der Waals surface area (Å²) in [4.78, 5) is 4.40. The third-order valence-electron chi connectivity index (χ3n) is 2.21. The van der Waals surface area contributed by atoms with Gasteiger partial charge in [0.2, 0.25) is 0 Å². The fourth-order valence-corrected chi connectivity index (χ4v) is 1.93. The molecule has 0 aliphatic carbocycles. The van der Waals surface area contributed by atoms with Crippen LogP contribution in [0.3, 0.4) is 0 Å². The van der Waals surface area contributed by atoms with Gasteiger partial charge in [-0.15, -0.1) is 11.3 Å². The van der Waals surface area contributed by atoms with Crippen LogP contribution in [0.2, 0.25) is 0 Å². The van der Waals surface area contributed by atoms with E-state index in [-0.39, 0.29) is 0 Å². The van der Waals surface area contributed by atoms with E-state index in [1.54, 1.807) is 11.3 Å². The van der Waals surface area contributed by atoms with Gasteiger partial charge in [0, 0.05) is 23.5 Å². The summed E-state index contributed by atoms with van der Waals surface area (Å²) in [5.41, 5.74) is 7.07. The molecule has 2 N–H and O–H groups in total. The highest BCUT2D eigenvalue weighted by molar-refractivity contribution is 7.09. The topological polar surface area (TPSA) is 38.9 Å². The Labute approximate surface area is 84.2 Å². The molecule has 0 aromatic carbocycles. The summed E-state index contributed by atoms with van der Waals surface area (Å²) in [6.45, 7) is 6.36. The van der Waals surface area contributed by atoms with Gasteiger partial charge in [0.25, 0.3) is 0 Å². The smallest absolute Gasteiger partial charge is 0.0928 e. The minimum atomic E-state index is 0.309. The van der Waals surface area contributed by atoms with Crippen LogP contribution in [0.4, 0.5) is 0 Å². The van der Waals surface area contributed by atoms with Crippen molar-refractivity contribution in [3.05, 3.63) is 16.1 Å². The lowest BCUT2D eigenvalue weighted by Gasteiger charge is -2.13. The number of nitrogens with two attached hydrogens (primary N) is 1. The fraction of sp³-hybridized carbons (Fsp3) is 0.700. The molecule has 0 saturated carbocycles. The molecule has 0 bridgehead atoms. The average Bonchev–Trinajstić information content (AvgIpc) is 2.47. The summed E-state index contributed by atoms with van der Waals surface area (Å²) in [6, 6.07) is 0.309. The van der Waals surface area contributed by atoms with Crippen LogP contribution >= 0.6 is 11.3 Å². The molecule has 1 unspecified atom stereocenters. The van der Waals surface area contributed by atoms with Gasteiger partial charge in [0.15, 0.2) is 0 Å². The van der Waals surface area contributed by atoms with E-state index >= 15 is 0 Å². The minimum Gasteiger partial charge on any atom is -0.327 e. The number of aryl methyl sites for hydroxylation is 2. The summed E-state index contributed by atoms with van der Waals surface area (Å²) in [5.74, 6) is 0.570. The highest BCUT2D eigenvalue weighted by atomic mass is 32.1. The molecule has 0 amide bonds. The van der Waals surface area contributed by atoms with Crippen molar-refractivity contribution in [2.75, 3.05) is 0 Å². The monoisotopic (exact) mass is 198 g/mol. The number of nitrogens with zero attached hydrogens (tertiary/aromatic N) is 1. The molecule has 1 heterocycles. The molecule has 74 valence electrons. The maximum absolute atomic E-state index is 5.95. The van der Waals surface area contributed by atoms with Gasteiger partial charge in [-0.3, -0.25) is 0 Å². The van der Waals surface area contributed by atoms with Gasteiger partial charge in [-0.1, -0.05) is 13.8 Å². The maximum Gasteiger partial charge on any atom is 0.0928 e. The molecule has 0 fully saturated rings. The van der Waals surface area contributed by atoms with Crippen molar-refractivity contribution >= 4 is 11.3 Å². The summed E-state index contributed by atoms with van der Waals surface area (Å²) >= 11 is 1.74. The van der Waals surface area contributed by atoms with Crippen molar-refractivity contribution in [3.63, 3.8) is 0 Å². The van der Waals surface area contributed by atoms with Crippen LogP contribution in [-0.4, -0.2) is 11.0 Å². The molecule has 0 aliphatic heterocycles. The zero-order chi connectivity index (χ0) is 9.84. The van der Waals surface area contributed by atoms with Gasteiger partial charge in [0.1, 0.15) is 0 Å². The third-order valence-corrected chi connectivity index (χ3v) is 3.24. The van der Waals surface area contributed by atoms with Gasteiger partial charge in [-0.25, -0.2) is 4.98 Å². The zero-order valence-corrected chi connectivity index (χ0v) is 9.40. The Bertz CT molecular complexity index is 255. The standard InChI is InChI=1S/C10H18N2S/c1-7(2)9(11)4-5-10-12-8(3)6-13-10/h6-7,9H,4-5,11H2,1-3H3. The minimum absolute atomic E-state index is 0.309. The first-order valence-corrected chi connectivity index (χ1v) is 5.64. The van der Waals surface area contributed by atoms with Crippen molar-refractivity contribution < 1.29 is 0 Å². The van der Waals surface area contributed by atoms with Crippen molar-refractivity contribution in [2.45, 2.75) is 39.7 Å². The molecular formula is C10H18N2S. The molecule has 1 aromatic rings. The number of thiazole rings is 1. The first-order valence-electron chi connectivity index (χ1n) is 4.76.